The number of halogens is 1. The normalized spacial score (nSPS) is 25.9. The number of sulfonamides is 1. The first kappa shape index (κ1) is 23.3. The van der Waals surface area contributed by atoms with Crippen LogP contribution in [0.15, 0.2) is 22.6 Å². The Morgan fingerprint density at radius 3 is 2.62 bits per heavy atom. The summed E-state index contributed by atoms with van der Waals surface area (Å²) in [4.78, 5) is 14.8. The number of carbonyl (C=O) groups excluding carboxylic acids is 1. The number of furan rings is 1. The van der Waals surface area contributed by atoms with Gasteiger partial charge in [-0.25, -0.2) is 13.1 Å². The predicted molar refractivity (Wildman–Crippen MR) is 119 cm³/mol. The van der Waals surface area contributed by atoms with Crippen molar-refractivity contribution in [3.63, 3.8) is 0 Å². The Labute approximate surface area is 191 Å². The van der Waals surface area contributed by atoms with Crippen LogP contribution in [0.1, 0.15) is 36.7 Å². The smallest absolute Gasteiger partial charge is 0.289 e. The summed E-state index contributed by atoms with van der Waals surface area (Å²) >= 11 is 6.10. The van der Waals surface area contributed by atoms with Gasteiger partial charge in [0.25, 0.3) is 5.91 Å². The van der Waals surface area contributed by atoms with Crippen LogP contribution in [0.5, 0.6) is 5.75 Å². The molecule has 0 unspecified atom stereocenters. The van der Waals surface area contributed by atoms with Crippen LogP contribution in [0.25, 0.3) is 11.0 Å². The summed E-state index contributed by atoms with van der Waals surface area (Å²) in [6, 6.07) is 4.32. The molecule has 0 aliphatic carbocycles. The topological polar surface area (TPSA) is 118 Å². The Kier molecular flexibility index (Phi) is 5.96. The average Bonchev–Trinajstić information content (AvgIpc) is 3.13. The number of fused-ring (bicyclic) bond motifs is 1. The van der Waals surface area contributed by atoms with E-state index in [1.165, 1.54) is 7.11 Å². The van der Waals surface area contributed by atoms with Crippen molar-refractivity contribution in [2.24, 2.45) is 0 Å². The summed E-state index contributed by atoms with van der Waals surface area (Å²) in [5.41, 5.74) is -1.46. The minimum Gasteiger partial charge on any atom is -0.493 e. The number of nitrogens with one attached hydrogen (secondary N) is 1. The molecular weight excluding hydrogens is 460 g/mol. The highest BCUT2D eigenvalue weighted by atomic mass is 35.5. The number of amides is 1. The molecule has 2 atom stereocenters. The van der Waals surface area contributed by atoms with E-state index in [1.54, 1.807) is 30.0 Å². The largest absolute Gasteiger partial charge is 0.493 e. The van der Waals surface area contributed by atoms with Crippen LogP contribution in [-0.2, 0) is 14.8 Å². The van der Waals surface area contributed by atoms with Crippen LogP contribution < -0.4 is 9.46 Å². The van der Waals surface area contributed by atoms with Crippen molar-refractivity contribution < 1.29 is 32.2 Å². The fourth-order valence-corrected chi connectivity index (χ4v) is 5.51. The van der Waals surface area contributed by atoms with E-state index in [4.69, 9.17) is 25.5 Å². The molecule has 0 radical (unpaired) electrons. The number of ether oxygens (including phenoxy) is 2. The van der Waals surface area contributed by atoms with Gasteiger partial charge >= 0.3 is 0 Å². The molecule has 1 amide bonds. The second-order valence-electron chi connectivity index (χ2n) is 8.90. The Morgan fingerprint density at radius 1 is 1.31 bits per heavy atom. The summed E-state index contributed by atoms with van der Waals surface area (Å²) in [6.45, 7) is 2.41. The molecule has 0 saturated carbocycles. The summed E-state index contributed by atoms with van der Waals surface area (Å²) in [7, 11) is -1.99. The molecule has 1 spiro atoms. The van der Waals surface area contributed by atoms with E-state index in [-0.39, 0.29) is 18.3 Å². The van der Waals surface area contributed by atoms with Crippen LogP contribution in [0.3, 0.4) is 0 Å². The minimum absolute atomic E-state index is 0.0122. The molecule has 4 rings (SSSR count). The zero-order valence-electron chi connectivity index (χ0n) is 18.2. The maximum Gasteiger partial charge on any atom is 0.289 e. The van der Waals surface area contributed by atoms with E-state index in [2.05, 4.69) is 4.72 Å². The lowest BCUT2D eigenvalue weighted by atomic mass is 9.78. The van der Waals surface area contributed by atoms with E-state index >= 15 is 0 Å². The molecule has 2 N–H and O–H groups in total. The average molecular weight is 487 g/mol. The van der Waals surface area contributed by atoms with Crippen molar-refractivity contribution in [1.29, 1.82) is 0 Å². The monoisotopic (exact) mass is 486 g/mol. The van der Waals surface area contributed by atoms with Crippen LogP contribution in [0, 0.1) is 0 Å². The highest BCUT2D eigenvalue weighted by Gasteiger charge is 2.49. The molecule has 2 aliphatic rings. The van der Waals surface area contributed by atoms with Crippen molar-refractivity contribution in [2.75, 3.05) is 33.1 Å². The maximum absolute atomic E-state index is 13.1. The fraction of sp³-hybridized carbons (Fsp3) is 0.571. The van der Waals surface area contributed by atoms with Crippen molar-refractivity contribution >= 4 is 38.5 Å². The zero-order valence-corrected chi connectivity index (χ0v) is 19.8. The first-order valence-corrected chi connectivity index (χ1v) is 12.6. The number of benzene rings is 1. The number of hydrogen-bond donors (Lipinski definition) is 2. The SMILES string of the molecule is COc1cc(Cl)cc2cc(C(=O)N3CCC4(CC3)C[C@H](NS(C)(=O)=O)[C@@](C)(O)CO4)oc12. The highest BCUT2D eigenvalue weighted by molar-refractivity contribution is 7.88. The van der Waals surface area contributed by atoms with E-state index in [0.29, 0.717) is 54.1 Å². The molecule has 1 aromatic carbocycles. The van der Waals surface area contributed by atoms with Crippen molar-refractivity contribution in [3.8, 4) is 5.75 Å². The highest BCUT2D eigenvalue weighted by Crippen LogP contribution is 2.39. The Balaban J connectivity index is 1.48. The number of rotatable bonds is 4. The van der Waals surface area contributed by atoms with Gasteiger partial charge in [0.1, 0.15) is 5.60 Å². The third kappa shape index (κ3) is 4.60. The van der Waals surface area contributed by atoms with Gasteiger partial charge < -0.3 is 23.9 Å². The molecular formula is C21H27ClN2O7S. The second kappa shape index (κ2) is 8.18. The summed E-state index contributed by atoms with van der Waals surface area (Å²) in [6.07, 6.45) is 2.44. The van der Waals surface area contributed by atoms with Crippen molar-refractivity contribution in [2.45, 2.75) is 43.4 Å². The standard InChI is InChI=1S/C21H27ClN2O7S/c1-20(26)12-30-21(11-17(20)23-32(3,27)28)4-6-24(7-5-21)19(25)16-9-13-8-14(22)10-15(29-2)18(13)31-16/h8-10,17,23,26H,4-7,11-12H2,1-3H3/t17-,20-/m0/s1. The molecule has 2 aliphatic heterocycles. The van der Waals surface area contributed by atoms with Gasteiger partial charge in [-0.2, -0.15) is 0 Å². The molecule has 3 heterocycles. The van der Waals surface area contributed by atoms with E-state index < -0.39 is 27.3 Å². The first-order valence-electron chi connectivity index (χ1n) is 10.3. The molecule has 9 nitrogen and oxygen atoms in total. The molecule has 176 valence electrons. The third-order valence-corrected chi connectivity index (χ3v) is 7.22. The number of nitrogens with zero attached hydrogens (tertiary/aromatic N) is 1. The molecule has 1 aromatic heterocycles. The van der Waals surface area contributed by atoms with E-state index in [0.717, 1.165) is 6.26 Å². The number of hydrogen-bond acceptors (Lipinski definition) is 7. The molecule has 2 saturated heterocycles. The predicted octanol–water partition coefficient (Wildman–Crippen LogP) is 2.16. The van der Waals surface area contributed by atoms with Gasteiger partial charge in [-0.15, -0.1) is 0 Å². The van der Waals surface area contributed by atoms with Gasteiger partial charge in [0.15, 0.2) is 17.1 Å². The third-order valence-electron chi connectivity index (χ3n) is 6.29. The van der Waals surface area contributed by atoms with Gasteiger partial charge in [0.2, 0.25) is 10.0 Å². The molecule has 2 fully saturated rings. The maximum atomic E-state index is 13.1. The lowest BCUT2D eigenvalue weighted by Crippen LogP contribution is -2.64. The first-order chi connectivity index (χ1) is 14.9. The van der Waals surface area contributed by atoms with Crippen LogP contribution in [0.2, 0.25) is 5.02 Å². The Morgan fingerprint density at radius 2 is 2.00 bits per heavy atom. The second-order valence-corrected chi connectivity index (χ2v) is 11.1. The summed E-state index contributed by atoms with van der Waals surface area (Å²) in [5, 5.41) is 11.7. The number of carbonyl (C=O) groups is 1. The summed E-state index contributed by atoms with van der Waals surface area (Å²) in [5.74, 6) is 0.402. The Bertz CT molecular complexity index is 1140. The van der Waals surface area contributed by atoms with Gasteiger partial charge in [-0.05, 0) is 38.3 Å². The lowest BCUT2D eigenvalue weighted by Gasteiger charge is -2.50. The van der Waals surface area contributed by atoms with Crippen LogP contribution in [-0.4, -0.2) is 74.6 Å². The van der Waals surface area contributed by atoms with Crippen LogP contribution in [0.4, 0.5) is 0 Å². The van der Waals surface area contributed by atoms with E-state index in [1.807, 2.05) is 0 Å². The quantitative estimate of drug-likeness (QED) is 0.679. The van der Waals surface area contributed by atoms with Gasteiger partial charge in [0.05, 0.1) is 31.6 Å². The van der Waals surface area contributed by atoms with Crippen molar-refractivity contribution in [3.05, 3.63) is 29.0 Å². The molecule has 0 bridgehead atoms. The van der Waals surface area contributed by atoms with Gasteiger partial charge in [-0.3, -0.25) is 4.79 Å². The molecule has 11 heteroatoms. The minimum atomic E-state index is -3.49. The van der Waals surface area contributed by atoms with Crippen molar-refractivity contribution in [1.82, 2.24) is 9.62 Å². The fourth-order valence-electron chi connectivity index (χ4n) is 4.44. The number of piperidine rings is 1. The van der Waals surface area contributed by atoms with Crippen LogP contribution >= 0.6 is 11.6 Å². The van der Waals surface area contributed by atoms with E-state index in [9.17, 15) is 18.3 Å². The number of aliphatic hydroxyl groups is 1. The zero-order chi connectivity index (χ0) is 23.3. The molecule has 32 heavy (non-hydrogen) atoms. The Hall–Kier alpha value is -1.85. The lowest BCUT2D eigenvalue weighted by molar-refractivity contribution is -0.187. The number of likely N-dealkylation sites (tertiary alicyclic amines) is 1. The van der Waals surface area contributed by atoms with Gasteiger partial charge in [0, 0.05) is 29.6 Å². The summed E-state index contributed by atoms with van der Waals surface area (Å²) < 4.78 is 43.1. The van der Waals surface area contributed by atoms with Gasteiger partial charge in [-0.1, -0.05) is 11.6 Å². The number of methoxy groups -OCH3 is 1. The molecule has 2 aromatic rings.